The van der Waals surface area contributed by atoms with E-state index < -0.39 is 0 Å². The lowest BCUT2D eigenvalue weighted by Gasteiger charge is -2.08. The molecule has 1 aliphatic carbocycles. The average molecular weight is 289 g/mol. The molecule has 1 rings (SSSR count). The molecular weight excluding hydrogens is 262 g/mol. The summed E-state index contributed by atoms with van der Waals surface area (Å²) < 4.78 is 4.70. The first-order valence-corrected chi connectivity index (χ1v) is 7.87. The smallest absolute Gasteiger partial charge is 0.337 e. The number of carbonyl (C=O) groups is 1. The Balaban J connectivity index is 2.27. The Bertz CT molecular complexity index is 430. The summed E-state index contributed by atoms with van der Waals surface area (Å²) in [4.78, 5) is 11.4. The number of carbonyl (C=O) groups excluding carboxylic acids is 1. The molecule has 0 radical (unpaired) electrons. The molecule has 0 aliphatic heterocycles. The lowest BCUT2D eigenvalue weighted by Crippen LogP contribution is -2.13. The van der Waals surface area contributed by atoms with E-state index in [1.54, 1.807) is 12.2 Å². The number of unbranched alkanes of at least 4 members (excludes halogenated alkanes) is 5. The van der Waals surface area contributed by atoms with E-state index >= 15 is 0 Å². The van der Waals surface area contributed by atoms with E-state index in [0.717, 1.165) is 12.2 Å². The molecule has 0 amide bonds. The summed E-state index contributed by atoms with van der Waals surface area (Å²) in [5, 5.41) is 3.42. The van der Waals surface area contributed by atoms with E-state index in [4.69, 9.17) is 4.74 Å². The molecule has 0 bridgehead atoms. The maximum absolute atomic E-state index is 11.4. The van der Waals surface area contributed by atoms with Gasteiger partial charge in [-0.3, -0.25) is 0 Å². The van der Waals surface area contributed by atoms with Crippen LogP contribution in [0.5, 0.6) is 0 Å². The first-order valence-electron chi connectivity index (χ1n) is 7.87. The molecule has 0 spiro atoms. The van der Waals surface area contributed by atoms with Crippen LogP contribution in [0, 0.1) is 0 Å². The average Bonchev–Trinajstić information content (AvgIpc) is 2.47. The fraction of sp³-hybridized carbons (Fsp3) is 0.500. The number of nitrogens with one attached hydrogen (secondary N) is 1. The predicted molar refractivity (Wildman–Crippen MR) is 87.8 cm³/mol. The van der Waals surface area contributed by atoms with Crippen LogP contribution in [0.2, 0.25) is 0 Å². The first-order chi connectivity index (χ1) is 10.3. The number of methoxy groups -OCH3 is 1. The zero-order valence-electron chi connectivity index (χ0n) is 13.2. The fourth-order valence-corrected chi connectivity index (χ4v) is 2.13. The van der Waals surface area contributed by atoms with Crippen LogP contribution in [0.25, 0.3) is 0 Å². The molecule has 1 N–H and O–H groups in total. The minimum absolute atomic E-state index is 0.312. The van der Waals surface area contributed by atoms with Crippen LogP contribution in [0.15, 0.2) is 47.7 Å². The highest BCUT2D eigenvalue weighted by atomic mass is 16.5. The van der Waals surface area contributed by atoms with E-state index in [9.17, 15) is 4.79 Å². The van der Waals surface area contributed by atoms with Gasteiger partial charge in [-0.2, -0.15) is 0 Å². The van der Waals surface area contributed by atoms with Gasteiger partial charge in [0.1, 0.15) is 0 Å². The Morgan fingerprint density at radius 3 is 2.52 bits per heavy atom. The summed E-state index contributed by atoms with van der Waals surface area (Å²) >= 11 is 0. The standard InChI is InChI=1S/C18H27NO2/c1-3-4-5-6-7-8-15-19-17-13-9-11-16(12-10-14-17)18(20)21-2/h9-14,19H,3-8,15H2,1-2H3/b11-9-,12-10?,13-9?,14-10-,16-11?,16-12+,17-13+,17-14?. The Hall–Kier alpha value is -1.77. The lowest BCUT2D eigenvalue weighted by molar-refractivity contribution is -0.135. The van der Waals surface area contributed by atoms with Crippen molar-refractivity contribution in [3.63, 3.8) is 0 Å². The van der Waals surface area contributed by atoms with Crippen LogP contribution in [0.4, 0.5) is 0 Å². The SMILES string of the molecule is CCCCCCCCNC1=C/C=C\C(C(=O)OC)=C/C=C\1. The molecule has 0 aromatic heterocycles. The van der Waals surface area contributed by atoms with Crippen LogP contribution in [-0.2, 0) is 9.53 Å². The molecule has 3 nitrogen and oxygen atoms in total. The van der Waals surface area contributed by atoms with Crippen LogP contribution >= 0.6 is 0 Å². The van der Waals surface area contributed by atoms with Gasteiger partial charge in [-0.25, -0.2) is 4.79 Å². The molecule has 0 fully saturated rings. The molecule has 116 valence electrons. The van der Waals surface area contributed by atoms with Gasteiger partial charge < -0.3 is 10.1 Å². The maximum atomic E-state index is 11.4. The Kier molecular flexibility index (Phi) is 9.01. The quantitative estimate of drug-likeness (QED) is 0.514. The summed E-state index contributed by atoms with van der Waals surface area (Å²) in [6, 6.07) is 0. The van der Waals surface area contributed by atoms with Gasteiger partial charge in [-0.15, -0.1) is 0 Å². The summed E-state index contributed by atoms with van der Waals surface area (Å²) in [6.45, 7) is 3.23. The van der Waals surface area contributed by atoms with E-state index in [1.807, 2.05) is 24.3 Å². The fourth-order valence-electron chi connectivity index (χ4n) is 2.13. The molecule has 3 heteroatoms. The van der Waals surface area contributed by atoms with Gasteiger partial charge in [-0.1, -0.05) is 51.2 Å². The van der Waals surface area contributed by atoms with Gasteiger partial charge in [0.2, 0.25) is 0 Å². The highest BCUT2D eigenvalue weighted by Gasteiger charge is 2.04. The summed E-state index contributed by atoms with van der Waals surface area (Å²) in [6.07, 6.45) is 19.0. The first kappa shape index (κ1) is 17.3. The van der Waals surface area contributed by atoms with Gasteiger partial charge in [0.25, 0.3) is 0 Å². The van der Waals surface area contributed by atoms with Crippen molar-refractivity contribution in [3.05, 3.63) is 47.7 Å². The molecular formula is C18H27NO2. The van der Waals surface area contributed by atoms with E-state index in [-0.39, 0.29) is 5.97 Å². The topological polar surface area (TPSA) is 38.3 Å². The molecule has 0 heterocycles. The molecule has 0 atom stereocenters. The van der Waals surface area contributed by atoms with Crippen molar-refractivity contribution < 1.29 is 9.53 Å². The summed E-state index contributed by atoms with van der Waals surface area (Å²) in [5.41, 5.74) is 1.62. The van der Waals surface area contributed by atoms with Gasteiger partial charge in [-0.05, 0) is 30.7 Å². The molecule has 0 saturated carbocycles. The third-order valence-electron chi connectivity index (χ3n) is 3.38. The normalized spacial score (nSPS) is 22.0. The van der Waals surface area contributed by atoms with E-state index in [1.165, 1.54) is 45.6 Å². The van der Waals surface area contributed by atoms with Crippen molar-refractivity contribution in [1.82, 2.24) is 5.32 Å². The Labute approximate surface area is 128 Å². The van der Waals surface area contributed by atoms with Crippen molar-refractivity contribution in [2.75, 3.05) is 13.7 Å². The number of allylic oxidation sites excluding steroid dienone is 5. The minimum atomic E-state index is -0.312. The van der Waals surface area contributed by atoms with Gasteiger partial charge in [0.05, 0.1) is 12.7 Å². The second-order valence-electron chi connectivity index (χ2n) is 5.15. The van der Waals surface area contributed by atoms with Crippen LogP contribution in [0.3, 0.4) is 0 Å². The molecule has 0 aromatic carbocycles. The molecule has 21 heavy (non-hydrogen) atoms. The number of rotatable bonds is 9. The van der Waals surface area contributed by atoms with Crippen LogP contribution < -0.4 is 5.32 Å². The summed E-state index contributed by atoms with van der Waals surface area (Å²) in [7, 11) is 1.39. The zero-order chi connectivity index (χ0) is 15.3. The summed E-state index contributed by atoms with van der Waals surface area (Å²) in [5.74, 6) is -0.312. The van der Waals surface area contributed by atoms with E-state index in [0.29, 0.717) is 5.57 Å². The number of ether oxygens (including phenoxy) is 1. The zero-order valence-corrected chi connectivity index (χ0v) is 13.2. The second-order valence-corrected chi connectivity index (χ2v) is 5.15. The Morgan fingerprint density at radius 1 is 1.05 bits per heavy atom. The second kappa shape index (κ2) is 11.0. The van der Waals surface area contributed by atoms with Crippen LogP contribution in [0.1, 0.15) is 45.4 Å². The number of hydrogen-bond acceptors (Lipinski definition) is 3. The van der Waals surface area contributed by atoms with Crippen molar-refractivity contribution in [2.24, 2.45) is 0 Å². The highest BCUT2D eigenvalue weighted by molar-refractivity contribution is 5.91. The van der Waals surface area contributed by atoms with Crippen molar-refractivity contribution in [2.45, 2.75) is 45.4 Å². The van der Waals surface area contributed by atoms with Crippen LogP contribution in [-0.4, -0.2) is 19.6 Å². The maximum Gasteiger partial charge on any atom is 0.337 e. The molecule has 0 aromatic rings. The monoisotopic (exact) mass is 289 g/mol. The molecule has 1 aliphatic rings. The highest BCUT2D eigenvalue weighted by Crippen LogP contribution is 2.07. The largest absolute Gasteiger partial charge is 0.465 e. The predicted octanol–water partition coefficient (Wildman–Crippen LogP) is 4.05. The van der Waals surface area contributed by atoms with E-state index in [2.05, 4.69) is 12.2 Å². The number of esters is 1. The van der Waals surface area contributed by atoms with Crippen molar-refractivity contribution >= 4 is 5.97 Å². The van der Waals surface area contributed by atoms with Crippen molar-refractivity contribution in [1.29, 1.82) is 0 Å². The molecule has 0 saturated heterocycles. The molecule has 0 unspecified atom stereocenters. The van der Waals surface area contributed by atoms with Gasteiger partial charge in [0, 0.05) is 12.2 Å². The lowest BCUT2D eigenvalue weighted by atomic mass is 10.1. The van der Waals surface area contributed by atoms with Gasteiger partial charge in [0.15, 0.2) is 0 Å². The third kappa shape index (κ3) is 7.54. The third-order valence-corrected chi connectivity index (χ3v) is 3.38. The van der Waals surface area contributed by atoms with Gasteiger partial charge >= 0.3 is 5.97 Å². The van der Waals surface area contributed by atoms with Crippen molar-refractivity contribution in [3.8, 4) is 0 Å². The minimum Gasteiger partial charge on any atom is -0.465 e. The Morgan fingerprint density at radius 2 is 1.76 bits per heavy atom. The number of hydrogen-bond donors (Lipinski definition) is 1.